The molecule has 1 atom stereocenters. The van der Waals surface area contributed by atoms with E-state index in [1.165, 1.54) is 7.11 Å². The molecule has 0 saturated heterocycles. The first-order valence-corrected chi connectivity index (χ1v) is 9.28. The number of amides is 2. The predicted molar refractivity (Wildman–Crippen MR) is 103 cm³/mol. The number of esters is 2. The molecule has 0 fully saturated rings. The number of ether oxygens (including phenoxy) is 2. The molecule has 2 rings (SSSR count). The van der Waals surface area contributed by atoms with E-state index in [1.807, 2.05) is 31.2 Å². The van der Waals surface area contributed by atoms with E-state index in [2.05, 4.69) is 20.7 Å². The van der Waals surface area contributed by atoms with Gasteiger partial charge in [0.15, 0.2) is 0 Å². The number of hydrogen-bond donors (Lipinski definition) is 3. The van der Waals surface area contributed by atoms with Gasteiger partial charge in [0.1, 0.15) is 0 Å². The summed E-state index contributed by atoms with van der Waals surface area (Å²) in [5.74, 6) is -0.755. The molecule has 1 aromatic rings. The lowest BCUT2D eigenvalue weighted by molar-refractivity contribution is -0.141. The summed E-state index contributed by atoms with van der Waals surface area (Å²) < 4.78 is 9.82. The van der Waals surface area contributed by atoms with Crippen molar-refractivity contribution in [2.24, 2.45) is 0 Å². The highest BCUT2D eigenvalue weighted by molar-refractivity contribution is 5.95. The third-order valence-corrected chi connectivity index (χ3v) is 4.32. The lowest BCUT2D eigenvalue weighted by Crippen LogP contribution is -2.48. The molecule has 28 heavy (non-hydrogen) atoms. The summed E-state index contributed by atoms with van der Waals surface area (Å²) in [6.45, 7) is 4.74. The van der Waals surface area contributed by atoms with Gasteiger partial charge in [-0.1, -0.05) is 29.8 Å². The van der Waals surface area contributed by atoms with Gasteiger partial charge in [0, 0.05) is 18.7 Å². The molecule has 0 aromatic heterocycles. The minimum absolute atomic E-state index is 0.233. The topological polar surface area (TPSA) is 106 Å². The fourth-order valence-electron chi connectivity index (χ4n) is 2.89. The van der Waals surface area contributed by atoms with E-state index in [-0.39, 0.29) is 25.2 Å². The fraction of sp³-hybridized carbons (Fsp3) is 0.450. The van der Waals surface area contributed by atoms with Crippen LogP contribution in [-0.4, -0.2) is 44.8 Å². The van der Waals surface area contributed by atoms with Crippen molar-refractivity contribution in [1.29, 1.82) is 0 Å². The first-order chi connectivity index (χ1) is 13.5. The lowest BCUT2D eigenvalue weighted by Gasteiger charge is -2.29. The number of methoxy groups -OCH3 is 1. The maximum atomic E-state index is 12.6. The zero-order chi connectivity index (χ0) is 20.5. The Labute approximate surface area is 164 Å². The van der Waals surface area contributed by atoms with Crippen LogP contribution in [0.25, 0.3) is 0 Å². The van der Waals surface area contributed by atoms with Gasteiger partial charge in [-0.25, -0.2) is 9.59 Å². The molecule has 1 aliphatic rings. The minimum atomic E-state index is -0.597. The smallest absolute Gasteiger partial charge is 0.338 e. The van der Waals surface area contributed by atoms with Crippen LogP contribution in [-0.2, 0) is 19.1 Å². The van der Waals surface area contributed by atoms with E-state index < -0.39 is 12.0 Å². The van der Waals surface area contributed by atoms with Gasteiger partial charge in [-0.2, -0.15) is 0 Å². The summed E-state index contributed by atoms with van der Waals surface area (Å²) in [4.78, 5) is 36.0. The van der Waals surface area contributed by atoms with Crippen LogP contribution in [0.3, 0.4) is 0 Å². The minimum Gasteiger partial charge on any atom is -0.469 e. The van der Waals surface area contributed by atoms with E-state index in [0.29, 0.717) is 30.7 Å². The second-order valence-electron chi connectivity index (χ2n) is 6.41. The van der Waals surface area contributed by atoms with E-state index >= 15 is 0 Å². The summed E-state index contributed by atoms with van der Waals surface area (Å²) in [7, 11) is 1.35. The average molecular weight is 389 g/mol. The van der Waals surface area contributed by atoms with Crippen LogP contribution in [0, 0.1) is 6.92 Å². The highest BCUT2D eigenvalue weighted by Gasteiger charge is 2.33. The van der Waals surface area contributed by atoms with Crippen LogP contribution in [0.5, 0.6) is 0 Å². The molecule has 8 nitrogen and oxygen atoms in total. The van der Waals surface area contributed by atoms with Crippen molar-refractivity contribution >= 4 is 18.0 Å². The maximum Gasteiger partial charge on any atom is 0.338 e. The molecule has 2 amide bonds. The fourth-order valence-corrected chi connectivity index (χ4v) is 2.89. The van der Waals surface area contributed by atoms with E-state index in [1.54, 1.807) is 6.92 Å². The SMILES string of the molecule is CCOC(=O)C1=C(CNCCCC(=O)OC)NC(=O)NC1c1ccc(C)cc1. The largest absolute Gasteiger partial charge is 0.469 e. The second kappa shape index (κ2) is 10.5. The van der Waals surface area contributed by atoms with Crippen LogP contribution in [0.15, 0.2) is 35.5 Å². The van der Waals surface area contributed by atoms with Gasteiger partial charge >= 0.3 is 18.0 Å². The molecule has 1 heterocycles. The Bertz CT molecular complexity index is 743. The Morgan fingerprint density at radius 3 is 2.57 bits per heavy atom. The molecule has 1 aromatic carbocycles. The van der Waals surface area contributed by atoms with Crippen molar-refractivity contribution in [2.45, 2.75) is 32.7 Å². The zero-order valence-electron chi connectivity index (χ0n) is 16.5. The maximum absolute atomic E-state index is 12.6. The third kappa shape index (κ3) is 5.82. The number of carbonyl (C=O) groups is 3. The standard InChI is InChI=1S/C20H27N3O5/c1-4-28-19(25)17-15(12-21-11-5-6-16(24)27-3)22-20(26)23-18(17)14-9-7-13(2)8-10-14/h7-10,18,21H,4-6,11-12H2,1-3H3,(H2,22,23,26). The lowest BCUT2D eigenvalue weighted by atomic mass is 9.94. The first-order valence-electron chi connectivity index (χ1n) is 9.28. The van der Waals surface area contributed by atoms with Crippen molar-refractivity contribution in [3.63, 3.8) is 0 Å². The van der Waals surface area contributed by atoms with Crippen molar-refractivity contribution in [3.8, 4) is 0 Å². The Hall–Kier alpha value is -2.87. The number of aryl methyl sites for hydroxylation is 1. The normalized spacial score (nSPS) is 16.2. The van der Waals surface area contributed by atoms with E-state index in [9.17, 15) is 14.4 Å². The van der Waals surface area contributed by atoms with Crippen LogP contribution in [0.2, 0.25) is 0 Å². The molecule has 8 heteroatoms. The number of urea groups is 1. The van der Waals surface area contributed by atoms with E-state index in [4.69, 9.17) is 4.74 Å². The quantitative estimate of drug-likeness (QED) is 0.439. The van der Waals surface area contributed by atoms with Gasteiger partial charge in [-0.15, -0.1) is 0 Å². The predicted octanol–water partition coefficient (Wildman–Crippen LogP) is 1.71. The molecule has 0 bridgehead atoms. The van der Waals surface area contributed by atoms with Crippen molar-refractivity contribution in [3.05, 3.63) is 46.7 Å². The second-order valence-corrected chi connectivity index (χ2v) is 6.41. The van der Waals surface area contributed by atoms with Crippen LogP contribution < -0.4 is 16.0 Å². The highest BCUT2D eigenvalue weighted by atomic mass is 16.5. The average Bonchev–Trinajstić information content (AvgIpc) is 2.67. The molecule has 1 aliphatic heterocycles. The van der Waals surface area contributed by atoms with Gasteiger partial charge in [0.25, 0.3) is 0 Å². The molecule has 0 saturated carbocycles. The number of carbonyl (C=O) groups excluding carboxylic acids is 3. The molecule has 1 unspecified atom stereocenters. The van der Waals surface area contributed by atoms with Gasteiger partial charge < -0.3 is 25.4 Å². The first kappa shape index (κ1) is 21.4. The zero-order valence-corrected chi connectivity index (χ0v) is 16.5. The van der Waals surface area contributed by atoms with Crippen molar-refractivity contribution in [1.82, 2.24) is 16.0 Å². The van der Waals surface area contributed by atoms with Crippen LogP contribution in [0.1, 0.15) is 36.9 Å². The Kier molecular flexibility index (Phi) is 8.01. The summed E-state index contributed by atoms with van der Waals surface area (Å²) in [6, 6.07) is 6.64. The van der Waals surface area contributed by atoms with E-state index in [0.717, 1.165) is 11.1 Å². The number of hydrogen-bond acceptors (Lipinski definition) is 6. The van der Waals surface area contributed by atoms with Gasteiger partial charge in [0.05, 0.1) is 25.3 Å². The Morgan fingerprint density at radius 1 is 1.21 bits per heavy atom. The third-order valence-electron chi connectivity index (χ3n) is 4.32. The summed E-state index contributed by atoms with van der Waals surface area (Å²) >= 11 is 0. The Morgan fingerprint density at radius 2 is 1.93 bits per heavy atom. The van der Waals surface area contributed by atoms with Crippen molar-refractivity contribution < 1.29 is 23.9 Å². The summed E-state index contributed by atoms with van der Waals surface area (Å²) in [5, 5.41) is 8.65. The van der Waals surface area contributed by atoms with Crippen LogP contribution >= 0.6 is 0 Å². The number of benzene rings is 1. The number of rotatable bonds is 9. The van der Waals surface area contributed by atoms with Gasteiger partial charge in [-0.05, 0) is 32.4 Å². The van der Waals surface area contributed by atoms with Crippen LogP contribution in [0.4, 0.5) is 4.79 Å². The molecule has 0 aliphatic carbocycles. The summed E-state index contributed by atoms with van der Waals surface area (Å²) in [6.07, 6.45) is 0.884. The molecule has 0 spiro atoms. The van der Waals surface area contributed by atoms with Crippen molar-refractivity contribution in [2.75, 3.05) is 26.8 Å². The monoisotopic (exact) mass is 389 g/mol. The molecule has 3 N–H and O–H groups in total. The van der Waals surface area contributed by atoms with Gasteiger partial charge in [0.2, 0.25) is 0 Å². The molecular formula is C20H27N3O5. The molecule has 152 valence electrons. The molecule has 0 radical (unpaired) electrons. The Balaban J connectivity index is 2.20. The van der Waals surface area contributed by atoms with Gasteiger partial charge in [-0.3, -0.25) is 4.79 Å². The highest BCUT2D eigenvalue weighted by Crippen LogP contribution is 2.27. The molecular weight excluding hydrogens is 362 g/mol. The number of nitrogens with one attached hydrogen (secondary N) is 3. The summed E-state index contributed by atoms with van der Waals surface area (Å²) in [5.41, 5.74) is 2.71.